The van der Waals surface area contributed by atoms with Crippen LogP contribution in [0.4, 0.5) is 0 Å². The molecule has 0 radical (unpaired) electrons. The van der Waals surface area contributed by atoms with Gasteiger partial charge < -0.3 is 14.1 Å². The highest BCUT2D eigenvalue weighted by Crippen LogP contribution is 2.34. The van der Waals surface area contributed by atoms with Crippen LogP contribution in [0, 0.1) is 0 Å². The van der Waals surface area contributed by atoms with Gasteiger partial charge in [0.15, 0.2) is 6.61 Å². The number of ether oxygens (including phenoxy) is 1. The molecule has 1 aliphatic carbocycles. The Morgan fingerprint density at radius 2 is 1.91 bits per heavy atom. The summed E-state index contributed by atoms with van der Waals surface area (Å²) in [5.74, 6) is 1.55. The van der Waals surface area contributed by atoms with Crippen molar-refractivity contribution in [1.82, 2.24) is 14.2 Å². The third kappa shape index (κ3) is 3.98. The normalized spacial score (nSPS) is 17.3. The van der Waals surface area contributed by atoms with Gasteiger partial charge >= 0.3 is 0 Å². The Labute approximate surface area is 186 Å². The monoisotopic (exact) mass is 455 g/mol. The van der Waals surface area contributed by atoms with E-state index in [0.717, 1.165) is 42.4 Å². The molecule has 0 unspecified atom stereocenters. The summed E-state index contributed by atoms with van der Waals surface area (Å²) in [6.07, 6.45) is 7.18. The molecular weight excluding hydrogens is 430 g/mol. The lowest BCUT2D eigenvalue weighted by atomic mass is 9.96. The van der Waals surface area contributed by atoms with Gasteiger partial charge in [0, 0.05) is 55.9 Å². The number of piperazine rings is 1. The molecular formula is C23H25N3O5S. The van der Waals surface area contributed by atoms with Crippen LogP contribution in [0.3, 0.4) is 0 Å². The topological polar surface area (TPSA) is 93.0 Å². The number of aromatic nitrogens is 1. The van der Waals surface area contributed by atoms with Gasteiger partial charge in [-0.25, -0.2) is 8.42 Å². The van der Waals surface area contributed by atoms with Gasteiger partial charge in [-0.1, -0.05) is 0 Å². The van der Waals surface area contributed by atoms with Crippen LogP contribution in [-0.4, -0.2) is 61.3 Å². The first-order chi connectivity index (χ1) is 15.5. The number of nitrogens with zero attached hydrogens (tertiary/aromatic N) is 3. The molecule has 3 heterocycles. The van der Waals surface area contributed by atoms with Crippen LogP contribution in [0.2, 0.25) is 0 Å². The minimum atomic E-state index is -3.60. The van der Waals surface area contributed by atoms with Crippen LogP contribution < -0.4 is 4.74 Å². The molecule has 1 amide bonds. The van der Waals surface area contributed by atoms with E-state index in [4.69, 9.17) is 9.15 Å². The summed E-state index contributed by atoms with van der Waals surface area (Å²) in [7, 11) is -3.60. The lowest BCUT2D eigenvalue weighted by molar-refractivity contribution is -0.134. The third-order valence-electron chi connectivity index (χ3n) is 6.15. The van der Waals surface area contributed by atoms with Crippen LogP contribution in [0.5, 0.6) is 5.75 Å². The number of amides is 1. The molecule has 0 spiro atoms. The van der Waals surface area contributed by atoms with E-state index in [0.29, 0.717) is 18.8 Å². The Balaban J connectivity index is 1.19. The van der Waals surface area contributed by atoms with E-state index in [1.54, 1.807) is 11.0 Å². The van der Waals surface area contributed by atoms with Gasteiger partial charge in [-0.15, -0.1) is 0 Å². The van der Waals surface area contributed by atoms with Crippen LogP contribution in [0.1, 0.15) is 24.2 Å². The van der Waals surface area contributed by atoms with Gasteiger partial charge in [0.1, 0.15) is 22.0 Å². The summed E-state index contributed by atoms with van der Waals surface area (Å²) < 4.78 is 38.5. The highest BCUT2D eigenvalue weighted by atomic mass is 32.2. The number of furan rings is 1. The Morgan fingerprint density at radius 3 is 2.69 bits per heavy atom. The zero-order valence-electron chi connectivity index (χ0n) is 17.7. The molecule has 1 saturated heterocycles. The molecule has 0 bridgehead atoms. The van der Waals surface area contributed by atoms with Crippen molar-refractivity contribution in [3.63, 3.8) is 0 Å². The number of aryl methyl sites for hydroxylation is 2. The molecule has 0 N–H and O–H groups in total. The van der Waals surface area contributed by atoms with E-state index in [-0.39, 0.29) is 30.5 Å². The van der Waals surface area contributed by atoms with Gasteiger partial charge in [-0.2, -0.15) is 4.31 Å². The average molecular weight is 456 g/mol. The highest BCUT2D eigenvalue weighted by Gasteiger charge is 2.30. The summed E-state index contributed by atoms with van der Waals surface area (Å²) in [4.78, 5) is 18.3. The number of sulfonamides is 1. The zero-order chi connectivity index (χ0) is 22.1. The van der Waals surface area contributed by atoms with E-state index in [1.807, 2.05) is 18.2 Å². The molecule has 168 valence electrons. The van der Waals surface area contributed by atoms with Gasteiger partial charge in [-0.05, 0) is 49.6 Å². The average Bonchev–Trinajstić information content (AvgIpc) is 3.21. The van der Waals surface area contributed by atoms with Crippen LogP contribution >= 0.6 is 0 Å². The second kappa shape index (κ2) is 8.55. The lowest BCUT2D eigenvalue weighted by Gasteiger charge is -2.33. The molecule has 32 heavy (non-hydrogen) atoms. The van der Waals surface area contributed by atoms with Crippen LogP contribution in [-0.2, 0) is 27.7 Å². The van der Waals surface area contributed by atoms with Gasteiger partial charge in [0.25, 0.3) is 5.91 Å². The molecule has 1 aromatic carbocycles. The first kappa shape index (κ1) is 21.0. The maximum absolute atomic E-state index is 12.7. The highest BCUT2D eigenvalue weighted by molar-refractivity contribution is 7.89. The predicted octanol–water partition coefficient (Wildman–Crippen LogP) is 2.62. The Kier molecular flexibility index (Phi) is 5.60. The van der Waals surface area contributed by atoms with Crippen molar-refractivity contribution in [2.24, 2.45) is 0 Å². The number of carbonyl (C=O) groups is 1. The fourth-order valence-electron chi connectivity index (χ4n) is 4.39. The Morgan fingerprint density at radius 1 is 1.09 bits per heavy atom. The first-order valence-electron chi connectivity index (χ1n) is 10.9. The van der Waals surface area contributed by atoms with E-state index in [2.05, 4.69) is 4.98 Å². The Bertz CT molecular complexity index is 1230. The van der Waals surface area contributed by atoms with E-state index < -0.39 is 10.0 Å². The Hall–Kier alpha value is -2.91. The molecule has 5 rings (SSSR count). The lowest BCUT2D eigenvalue weighted by Crippen LogP contribution is -2.51. The summed E-state index contributed by atoms with van der Waals surface area (Å²) in [5.41, 5.74) is 2.12. The molecule has 2 aliphatic rings. The smallest absolute Gasteiger partial charge is 0.260 e. The number of pyridine rings is 1. The SMILES string of the molecule is O=C(COc1ccc2oc3c(c2c1)CCCC3)N1CCN(S(=O)(=O)c2cccnc2)CC1. The van der Waals surface area contributed by atoms with E-state index in [9.17, 15) is 13.2 Å². The molecule has 0 atom stereocenters. The fourth-order valence-corrected chi connectivity index (χ4v) is 5.78. The van der Waals surface area contributed by atoms with Gasteiger partial charge in [-0.3, -0.25) is 9.78 Å². The maximum atomic E-state index is 12.7. The third-order valence-corrected chi connectivity index (χ3v) is 8.03. The molecule has 1 fully saturated rings. The second-order valence-electron chi connectivity index (χ2n) is 8.13. The fraction of sp³-hybridized carbons (Fsp3) is 0.391. The number of benzene rings is 1. The first-order valence-corrected chi connectivity index (χ1v) is 12.3. The zero-order valence-corrected chi connectivity index (χ0v) is 18.5. The second-order valence-corrected chi connectivity index (χ2v) is 10.1. The molecule has 3 aromatic rings. The molecule has 2 aromatic heterocycles. The van der Waals surface area contributed by atoms with Crippen LogP contribution in [0.25, 0.3) is 11.0 Å². The van der Waals surface area contributed by atoms with Crippen molar-refractivity contribution in [3.05, 3.63) is 54.0 Å². The van der Waals surface area contributed by atoms with Gasteiger partial charge in [0.2, 0.25) is 10.0 Å². The quantitative estimate of drug-likeness (QED) is 0.587. The molecule has 9 heteroatoms. The van der Waals surface area contributed by atoms with Crippen molar-refractivity contribution >= 4 is 26.9 Å². The number of hydrogen-bond acceptors (Lipinski definition) is 6. The summed E-state index contributed by atoms with van der Waals surface area (Å²) in [6.45, 7) is 1.07. The summed E-state index contributed by atoms with van der Waals surface area (Å²) >= 11 is 0. The number of carbonyl (C=O) groups excluding carboxylic acids is 1. The van der Waals surface area contributed by atoms with Crippen molar-refractivity contribution in [3.8, 4) is 5.75 Å². The van der Waals surface area contributed by atoms with Crippen molar-refractivity contribution in [2.75, 3.05) is 32.8 Å². The van der Waals surface area contributed by atoms with E-state index >= 15 is 0 Å². The summed E-state index contributed by atoms with van der Waals surface area (Å²) in [6, 6.07) is 8.80. The molecule has 1 aliphatic heterocycles. The van der Waals surface area contributed by atoms with Gasteiger partial charge in [0.05, 0.1) is 0 Å². The van der Waals surface area contributed by atoms with E-state index in [1.165, 1.54) is 28.3 Å². The van der Waals surface area contributed by atoms with Crippen molar-refractivity contribution < 1.29 is 22.4 Å². The standard InChI is InChI=1S/C23H25N3O5S/c27-23(25-10-12-26(13-11-25)32(28,29)18-4-3-9-24-15-18)16-30-17-7-8-22-20(14-17)19-5-1-2-6-21(19)31-22/h3-4,7-9,14-15H,1-2,5-6,10-13,16H2. The summed E-state index contributed by atoms with van der Waals surface area (Å²) in [5, 5.41) is 1.07. The number of rotatable bonds is 5. The minimum Gasteiger partial charge on any atom is -0.484 e. The maximum Gasteiger partial charge on any atom is 0.260 e. The molecule has 0 saturated carbocycles. The van der Waals surface area contributed by atoms with Crippen molar-refractivity contribution in [1.29, 1.82) is 0 Å². The van der Waals surface area contributed by atoms with Crippen molar-refractivity contribution in [2.45, 2.75) is 30.6 Å². The minimum absolute atomic E-state index is 0.0824. The largest absolute Gasteiger partial charge is 0.484 e. The predicted molar refractivity (Wildman–Crippen MR) is 118 cm³/mol. The number of hydrogen-bond donors (Lipinski definition) is 0. The molecule has 8 nitrogen and oxygen atoms in total. The van der Waals surface area contributed by atoms with Crippen LogP contribution in [0.15, 0.2) is 52.0 Å². The number of fused-ring (bicyclic) bond motifs is 3.